The summed E-state index contributed by atoms with van der Waals surface area (Å²) in [4.78, 5) is 5.53. The van der Waals surface area contributed by atoms with Crippen LogP contribution >= 0.6 is 11.3 Å². The van der Waals surface area contributed by atoms with E-state index in [9.17, 15) is 0 Å². The minimum Gasteiger partial charge on any atom is -0.383 e. The highest BCUT2D eigenvalue weighted by molar-refractivity contribution is 7.09. The predicted octanol–water partition coefficient (Wildman–Crippen LogP) is 1.12. The van der Waals surface area contributed by atoms with E-state index in [0.29, 0.717) is 13.2 Å². The van der Waals surface area contributed by atoms with Crippen molar-refractivity contribution in [2.24, 2.45) is 0 Å². The molecule has 0 radical (unpaired) electrons. The van der Waals surface area contributed by atoms with Crippen LogP contribution in [0.4, 0.5) is 0 Å². The van der Waals surface area contributed by atoms with E-state index >= 15 is 0 Å². The number of methoxy groups -OCH3 is 1. The third-order valence-corrected chi connectivity index (χ3v) is 3.11. The van der Waals surface area contributed by atoms with Gasteiger partial charge in [-0.05, 0) is 11.4 Å². The number of hydrogen-bond acceptors (Lipinski definition) is 5. The lowest BCUT2D eigenvalue weighted by Gasteiger charge is -2.00. The zero-order valence-electron chi connectivity index (χ0n) is 9.80. The molecule has 5 nitrogen and oxygen atoms in total. The summed E-state index contributed by atoms with van der Waals surface area (Å²) in [5.74, 6) is 0.817. The average molecular weight is 252 g/mol. The van der Waals surface area contributed by atoms with Crippen molar-refractivity contribution < 1.29 is 4.74 Å². The van der Waals surface area contributed by atoms with Crippen molar-refractivity contribution in [3.8, 4) is 0 Å². The highest BCUT2D eigenvalue weighted by Gasteiger charge is 2.01. The quantitative estimate of drug-likeness (QED) is 0.750. The Hall–Kier alpha value is -1.24. The molecule has 0 bridgehead atoms. The van der Waals surface area contributed by atoms with Crippen LogP contribution in [0.5, 0.6) is 0 Å². The van der Waals surface area contributed by atoms with E-state index in [1.54, 1.807) is 24.8 Å². The highest BCUT2D eigenvalue weighted by Crippen LogP contribution is 2.09. The van der Waals surface area contributed by atoms with Gasteiger partial charge in [-0.3, -0.25) is 0 Å². The van der Waals surface area contributed by atoms with Gasteiger partial charge in [-0.2, -0.15) is 5.10 Å². The maximum atomic E-state index is 4.95. The van der Waals surface area contributed by atoms with Gasteiger partial charge in [-0.1, -0.05) is 6.07 Å². The van der Waals surface area contributed by atoms with E-state index < -0.39 is 0 Å². The fourth-order valence-electron chi connectivity index (χ4n) is 1.43. The fraction of sp³-hybridized carbons (Fsp3) is 0.455. The first kappa shape index (κ1) is 12.2. The van der Waals surface area contributed by atoms with Crippen LogP contribution < -0.4 is 5.32 Å². The predicted molar refractivity (Wildman–Crippen MR) is 67.0 cm³/mol. The average Bonchev–Trinajstić information content (AvgIpc) is 2.97. The SMILES string of the molecule is COCCNCc1ncn(Cc2cccs2)n1. The first-order valence-electron chi connectivity index (χ1n) is 5.49. The Morgan fingerprint density at radius 1 is 1.53 bits per heavy atom. The Balaban J connectivity index is 1.79. The summed E-state index contributed by atoms with van der Waals surface area (Å²) in [6, 6.07) is 4.15. The molecular weight excluding hydrogens is 236 g/mol. The van der Waals surface area contributed by atoms with Crippen LogP contribution in [0.25, 0.3) is 0 Å². The van der Waals surface area contributed by atoms with Crippen molar-refractivity contribution >= 4 is 11.3 Å². The van der Waals surface area contributed by atoms with Gasteiger partial charge in [0.1, 0.15) is 6.33 Å². The summed E-state index contributed by atoms with van der Waals surface area (Å²) in [7, 11) is 1.69. The second-order valence-electron chi connectivity index (χ2n) is 3.61. The van der Waals surface area contributed by atoms with Gasteiger partial charge in [0.2, 0.25) is 0 Å². The largest absolute Gasteiger partial charge is 0.383 e. The normalized spacial score (nSPS) is 10.9. The van der Waals surface area contributed by atoms with Crippen LogP contribution in [0.3, 0.4) is 0 Å². The number of rotatable bonds is 7. The molecule has 1 N–H and O–H groups in total. The van der Waals surface area contributed by atoms with E-state index in [0.717, 1.165) is 18.9 Å². The van der Waals surface area contributed by atoms with Gasteiger partial charge < -0.3 is 10.1 Å². The zero-order valence-corrected chi connectivity index (χ0v) is 10.6. The number of ether oxygens (including phenoxy) is 1. The topological polar surface area (TPSA) is 52.0 Å². The molecule has 0 aliphatic rings. The van der Waals surface area contributed by atoms with Gasteiger partial charge >= 0.3 is 0 Å². The molecule has 2 heterocycles. The number of nitrogens with one attached hydrogen (secondary N) is 1. The molecule has 92 valence electrons. The van der Waals surface area contributed by atoms with E-state index in [1.165, 1.54) is 4.88 Å². The maximum Gasteiger partial charge on any atom is 0.164 e. The second-order valence-corrected chi connectivity index (χ2v) is 4.64. The lowest BCUT2D eigenvalue weighted by Crippen LogP contribution is -2.19. The molecule has 2 aromatic heterocycles. The third-order valence-electron chi connectivity index (χ3n) is 2.25. The van der Waals surface area contributed by atoms with Gasteiger partial charge in [0.05, 0.1) is 19.7 Å². The molecule has 0 atom stereocenters. The number of thiophene rings is 1. The van der Waals surface area contributed by atoms with Crippen LogP contribution in [0.2, 0.25) is 0 Å². The van der Waals surface area contributed by atoms with Gasteiger partial charge in [0.15, 0.2) is 5.82 Å². The zero-order chi connectivity index (χ0) is 11.9. The van der Waals surface area contributed by atoms with Crippen molar-refractivity contribution in [2.45, 2.75) is 13.1 Å². The van der Waals surface area contributed by atoms with Crippen molar-refractivity contribution in [2.75, 3.05) is 20.3 Å². The number of hydrogen-bond donors (Lipinski definition) is 1. The van der Waals surface area contributed by atoms with E-state index in [2.05, 4.69) is 26.8 Å². The number of aromatic nitrogens is 3. The Kier molecular flexibility index (Phi) is 4.66. The molecule has 0 amide bonds. The lowest BCUT2D eigenvalue weighted by molar-refractivity contribution is 0.199. The highest BCUT2D eigenvalue weighted by atomic mass is 32.1. The molecule has 0 fully saturated rings. The lowest BCUT2D eigenvalue weighted by atomic mass is 10.5. The molecular formula is C11H16N4OS. The molecule has 0 aliphatic heterocycles. The Labute approximate surface area is 104 Å². The molecule has 0 saturated carbocycles. The van der Waals surface area contributed by atoms with E-state index in [1.807, 2.05) is 10.7 Å². The summed E-state index contributed by atoms with van der Waals surface area (Å²) < 4.78 is 6.81. The van der Waals surface area contributed by atoms with Crippen LogP contribution in [0.15, 0.2) is 23.8 Å². The van der Waals surface area contributed by atoms with Crippen molar-refractivity contribution in [1.82, 2.24) is 20.1 Å². The minimum absolute atomic E-state index is 0.681. The van der Waals surface area contributed by atoms with Crippen molar-refractivity contribution in [3.05, 3.63) is 34.5 Å². The smallest absolute Gasteiger partial charge is 0.164 e. The Morgan fingerprint density at radius 3 is 3.24 bits per heavy atom. The summed E-state index contributed by atoms with van der Waals surface area (Å²) in [6.07, 6.45) is 1.77. The third kappa shape index (κ3) is 3.92. The molecule has 6 heteroatoms. The van der Waals surface area contributed by atoms with Crippen LogP contribution in [-0.2, 0) is 17.8 Å². The summed E-state index contributed by atoms with van der Waals surface area (Å²) in [6.45, 7) is 3.00. The van der Waals surface area contributed by atoms with Gasteiger partial charge in [0.25, 0.3) is 0 Å². The molecule has 2 aromatic rings. The van der Waals surface area contributed by atoms with Crippen LogP contribution in [0, 0.1) is 0 Å². The molecule has 0 saturated heterocycles. The molecule has 17 heavy (non-hydrogen) atoms. The maximum absolute atomic E-state index is 4.95. The monoisotopic (exact) mass is 252 g/mol. The van der Waals surface area contributed by atoms with Gasteiger partial charge in [0, 0.05) is 18.5 Å². The van der Waals surface area contributed by atoms with Gasteiger partial charge in [-0.25, -0.2) is 9.67 Å². The first-order valence-corrected chi connectivity index (χ1v) is 6.37. The first-order chi connectivity index (χ1) is 8.38. The summed E-state index contributed by atoms with van der Waals surface area (Å²) in [5.41, 5.74) is 0. The Bertz CT molecular complexity index is 426. The molecule has 0 spiro atoms. The summed E-state index contributed by atoms with van der Waals surface area (Å²) in [5, 5.41) is 9.67. The Morgan fingerprint density at radius 2 is 2.47 bits per heavy atom. The molecule has 2 rings (SSSR count). The minimum atomic E-state index is 0.681. The second kappa shape index (κ2) is 6.48. The van der Waals surface area contributed by atoms with E-state index in [-0.39, 0.29) is 0 Å². The van der Waals surface area contributed by atoms with Crippen LogP contribution in [0.1, 0.15) is 10.7 Å². The van der Waals surface area contributed by atoms with E-state index in [4.69, 9.17) is 4.74 Å². The molecule has 0 aromatic carbocycles. The fourth-order valence-corrected chi connectivity index (χ4v) is 2.12. The van der Waals surface area contributed by atoms with Crippen LogP contribution in [-0.4, -0.2) is 35.0 Å². The van der Waals surface area contributed by atoms with Crippen molar-refractivity contribution in [1.29, 1.82) is 0 Å². The number of nitrogens with zero attached hydrogens (tertiary/aromatic N) is 3. The summed E-state index contributed by atoms with van der Waals surface area (Å²) >= 11 is 1.73. The van der Waals surface area contributed by atoms with Crippen molar-refractivity contribution in [3.63, 3.8) is 0 Å². The molecule has 0 unspecified atom stereocenters. The standard InChI is InChI=1S/C11H16N4OS/c1-16-5-4-12-7-11-13-9-15(14-11)8-10-3-2-6-17-10/h2-3,6,9,12H,4-5,7-8H2,1H3. The van der Waals surface area contributed by atoms with Gasteiger partial charge in [-0.15, -0.1) is 11.3 Å². The molecule has 0 aliphatic carbocycles.